The third kappa shape index (κ3) is 9.97. The Morgan fingerprint density at radius 3 is 1.96 bits per heavy atom. The van der Waals surface area contributed by atoms with Crippen LogP contribution in [0, 0.1) is 0 Å². The number of allylic oxidation sites excluding steroid dienone is 2. The Morgan fingerprint density at radius 1 is 0.837 bits per heavy atom. The van der Waals surface area contributed by atoms with Crippen LogP contribution >= 0.6 is 0 Å². The molecule has 1 atom stereocenters. The van der Waals surface area contributed by atoms with Gasteiger partial charge in [0.2, 0.25) is 11.8 Å². The number of carbonyl (C=O) groups excluding carboxylic acids is 2. The van der Waals surface area contributed by atoms with Crippen molar-refractivity contribution in [2.75, 3.05) is 33.2 Å². The molecule has 0 N–H and O–H groups in total. The molecular weight excluding hydrogens is 644 g/mol. The van der Waals surface area contributed by atoms with E-state index in [0.29, 0.717) is 32.6 Å². The van der Waals surface area contributed by atoms with Crippen LogP contribution in [0.1, 0.15) is 66.5 Å². The molecule has 1 aliphatic rings. The number of piperazine rings is 1. The minimum Gasteiger partial charge on any atom is -0.338 e. The smallest absolute Gasteiger partial charge is 0.338 e. The first-order chi connectivity index (χ1) is 23.2. The van der Waals surface area contributed by atoms with Crippen molar-refractivity contribution in [1.82, 2.24) is 14.7 Å². The minimum atomic E-state index is -5.05. The van der Waals surface area contributed by atoms with Crippen LogP contribution in [-0.2, 0) is 41.3 Å². The number of rotatable bonds is 12. The molecule has 2 amide bonds. The molecule has 3 aromatic rings. The fraction of sp³-hybridized carbons (Fsp3) is 0.421. The van der Waals surface area contributed by atoms with Crippen molar-refractivity contribution in [3.05, 3.63) is 112 Å². The van der Waals surface area contributed by atoms with Gasteiger partial charge in [0, 0.05) is 52.6 Å². The van der Waals surface area contributed by atoms with Gasteiger partial charge >= 0.3 is 12.4 Å². The molecule has 11 heteroatoms. The Bertz CT molecular complexity index is 1580. The number of alkyl halides is 6. The lowest BCUT2D eigenvalue weighted by Crippen LogP contribution is -2.55. The highest BCUT2D eigenvalue weighted by atomic mass is 19.4. The average Bonchev–Trinajstić information content (AvgIpc) is 3.08. The van der Waals surface area contributed by atoms with Gasteiger partial charge in [-0.1, -0.05) is 80.6 Å². The predicted molar refractivity (Wildman–Crippen MR) is 178 cm³/mol. The SMILES string of the molecule is CC/C=C(\CC)c1c(CCC(=O)N(C)[C@@H](Cc2ccccc2)C(=O)N2CCN(Cc3ccccc3)CC2)cc(C(F)(F)F)cc1C(F)(F)F. The number of halogens is 6. The average molecular weight is 688 g/mol. The van der Waals surface area contributed by atoms with Gasteiger partial charge in [-0.15, -0.1) is 0 Å². The number of nitrogens with zero attached hydrogens (tertiary/aromatic N) is 3. The summed E-state index contributed by atoms with van der Waals surface area (Å²) >= 11 is 0. The van der Waals surface area contributed by atoms with E-state index < -0.39 is 35.4 Å². The van der Waals surface area contributed by atoms with E-state index in [2.05, 4.69) is 4.90 Å². The van der Waals surface area contributed by atoms with Crippen LogP contribution in [-0.4, -0.2) is 65.8 Å². The van der Waals surface area contributed by atoms with E-state index in [0.717, 1.165) is 23.7 Å². The summed E-state index contributed by atoms with van der Waals surface area (Å²) in [6, 6.07) is 19.1. The van der Waals surface area contributed by atoms with Crippen LogP contribution in [0.15, 0.2) is 78.9 Å². The molecule has 4 rings (SSSR count). The normalized spacial score (nSPS) is 15.3. The third-order valence-electron chi connectivity index (χ3n) is 8.96. The molecule has 264 valence electrons. The zero-order chi connectivity index (χ0) is 35.8. The summed E-state index contributed by atoms with van der Waals surface area (Å²) in [5, 5.41) is 0. The first-order valence-corrected chi connectivity index (χ1v) is 16.6. The van der Waals surface area contributed by atoms with Gasteiger partial charge in [0.1, 0.15) is 6.04 Å². The highest BCUT2D eigenvalue weighted by Crippen LogP contribution is 2.42. The summed E-state index contributed by atoms with van der Waals surface area (Å²) in [7, 11) is 1.47. The number of likely N-dealkylation sites (N-methyl/N-ethyl adjacent to an activating group) is 1. The second kappa shape index (κ2) is 16.5. The number of hydrogen-bond acceptors (Lipinski definition) is 3. The zero-order valence-electron chi connectivity index (χ0n) is 28.1. The molecule has 0 aliphatic carbocycles. The lowest BCUT2D eigenvalue weighted by atomic mass is 9.87. The van der Waals surface area contributed by atoms with Crippen molar-refractivity contribution in [3.8, 4) is 0 Å². The summed E-state index contributed by atoms with van der Waals surface area (Å²) in [6.07, 6.45) is -8.49. The molecule has 1 heterocycles. The maximum atomic E-state index is 14.3. The van der Waals surface area contributed by atoms with E-state index in [1.54, 1.807) is 24.8 Å². The van der Waals surface area contributed by atoms with E-state index in [9.17, 15) is 35.9 Å². The van der Waals surface area contributed by atoms with Crippen molar-refractivity contribution < 1.29 is 35.9 Å². The number of aryl methyl sites for hydroxylation is 1. The van der Waals surface area contributed by atoms with E-state index in [1.807, 2.05) is 60.7 Å². The Morgan fingerprint density at radius 2 is 1.43 bits per heavy atom. The molecule has 1 aliphatic heterocycles. The number of carbonyl (C=O) groups is 2. The van der Waals surface area contributed by atoms with Crippen molar-refractivity contribution in [1.29, 1.82) is 0 Å². The summed E-state index contributed by atoms with van der Waals surface area (Å²) in [5.74, 6) is -0.802. The summed E-state index contributed by atoms with van der Waals surface area (Å²) < 4.78 is 84.3. The second-order valence-corrected chi connectivity index (χ2v) is 12.3. The molecular formula is C38H43F6N3O2. The lowest BCUT2D eigenvalue weighted by Gasteiger charge is -2.38. The molecule has 1 fully saturated rings. The van der Waals surface area contributed by atoms with Gasteiger partial charge in [0.05, 0.1) is 11.1 Å². The molecule has 0 bridgehead atoms. The predicted octanol–water partition coefficient (Wildman–Crippen LogP) is 8.27. The first-order valence-electron chi connectivity index (χ1n) is 16.6. The molecule has 0 spiro atoms. The standard InChI is InChI=1S/C38H43F6N3O2/c1-4-12-29(5-2)35-30(24-31(37(39,40)41)25-32(35)38(42,43)44)17-18-34(48)45(3)33(23-27-13-8-6-9-14-27)36(49)47-21-19-46(20-22-47)26-28-15-10-7-11-16-28/h6-16,24-25,33H,4-5,17-23,26H2,1-3H3/b29-12+/t33-/m0/s1. The van der Waals surface area contributed by atoms with Gasteiger partial charge in [-0.05, 0) is 59.2 Å². The van der Waals surface area contributed by atoms with Gasteiger partial charge in [-0.25, -0.2) is 0 Å². The molecule has 0 aromatic heterocycles. The van der Waals surface area contributed by atoms with Gasteiger partial charge in [-0.3, -0.25) is 14.5 Å². The minimum absolute atomic E-state index is 0.153. The molecule has 49 heavy (non-hydrogen) atoms. The van der Waals surface area contributed by atoms with Gasteiger partial charge in [0.25, 0.3) is 0 Å². The summed E-state index contributed by atoms with van der Waals surface area (Å²) in [6.45, 7) is 6.31. The van der Waals surface area contributed by atoms with Crippen molar-refractivity contribution in [2.24, 2.45) is 0 Å². The summed E-state index contributed by atoms with van der Waals surface area (Å²) in [4.78, 5) is 33.0. The molecule has 0 radical (unpaired) electrons. The van der Waals surface area contributed by atoms with E-state index in [4.69, 9.17) is 0 Å². The molecule has 1 saturated heterocycles. The number of hydrogen-bond donors (Lipinski definition) is 0. The van der Waals surface area contributed by atoms with Crippen LogP contribution in [0.2, 0.25) is 0 Å². The van der Waals surface area contributed by atoms with Gasteiger partial charge in [-0.2, -0.15) is 26.3 Å². The van der Waals surface area contributed by atoms with Crippen LogP contribution in [0.4, 0.5) is 26.3 Å². The molecule has 0 saturated carbocycles. The largest absolute Gasteiger partial charge is 0.417 e. The van der Waals surface area contributed by atoms with E-state index in [-0.39, 0.29) is 54.4 Å². The van der Waals surface area contributed by atoms with Crippen LogP contribution in [0.3, 0.4) is 0 Å². The second-order valence-electron chi connectivity index (χ2n) is 12.3. The Hall–Kier alpha value is -4.12. The molecule has 3 aromatic carbocycles. The lowest BCUT2D eigenvalue weighted by molar-refractivity contribution is -0.145. The monoisotopic (exact) mass is 687 g/mol. The third-order valence-corrected chi connectivity index (χ3v) is 8.96. The van der Waals surface area contributed by atoms with E-state index in [1.165, 1.54) is 11.9 Å². The zero-order valence-corrected chi connectivity index (χ0v) is 28.1. The van der Waals surface area contributed by atoms with Gasteiger partial charge < -0.3 is 9.80 Å². The van der Waals surface area contributed by atoms with Crippen molar-refractivity contribution in [2.45, 2.75) is 70.9 Å². The fourth-order valence-electron chi connectivity index (χ4n) is 6.33. The van der Waals surface area contributed by atoms with Crippen LogP contribution in [0.5, 0.6) is 0 Å². The fourth-order valence-corrected chi connectivity index (χ4v) is 6.33. The maximum absolute atomic E-state index is 14.3. The molecule has 5 nitrogen and oxygen atoms in total. The van der Waals surface area contributed by atoms with Crippen LogP contribution in [0.25, 0.3) is 5.57 Å². The molecule has 0 unspecified atom stereocenters. The summed E-state index contributed by atoms with van der Waals surface area (Å²) in [5.41, 5.74) is -1.06. The van der Waals surface area contributed by atoms with Crippen LogP contribution < -0.4 is 0 Å². The number of amides is 2. The van der Waals surface area contributed by atoms with Crippen molar-refractivity contribution in [3.63, 3.8) is 0 Å². The maximum Gasteiger partial charge on any atom is 0.417 e. The highest BCUT2D eigenvalue weighted by molar-refractivity contribution is 5.88. The Balaban J connectivity index is 1.58. The number of benzene rings is 3. The van der Waals surface area contributed by atoms with Crippen molar-refractivity contribution >= 4 is 17.4 Å². The van der Waals surface area contributed by atoms with Gasteiger partial charge in [0.15, 0.2) is 0 Å². The first kappa shape index (κ1) is 37.7. The Kier molecular flexibility index (Phi) is 12.7. The Labute approximate surface area is 284 Å². The van der Waals surface area contributed by atoms with E-state index >= 15 is 0 Å². The topological polar surface area (TPSA) is 43.9 Å². The highest BCUT2D eigenvalue weighted by Gasteiger charge is 2.40. The quantitative estimate of drug-likeness (QED) is 0.180.